The number of nitrogens with one attached hydrogen (secondary N) is 2. The van der Waals surface area contributed by atoms with Gasteiger partial charge < -0.3 is 15.8 Å². The van der Waals surface area contributed by atoms with Crippen molar-refractivity contribution in [3.8, 4) is 0 Å². The Hall–Kier alpha value is -2.57. The van der Waals surface area contributed by atoms with Crippen molar-refractivity contribution < 1.29 is 22.1 Å². The maximum Gasteiger partial charge on any atom is 0.417 e. The molecule has 29 heavy (non-hydrogen) atoms. The number of allylic oxidation sites excluding steroid dienone is 3. The van der Waals surface area contributed by atoms with Gasteiger partial charge in [-0.05, 0) is 30.2 Å². The zero-order chi connectivity index (χ0) is 21.3. The highest BCUT2D eigenvalue weighted by Gasteiger charge is 2.37. The van der Waals surface area contributed by atoms with Crippen molar-refractivity contribution in [2.24, 2.45) is 5.14 Å². The first-order valence-corrected chi connectivity index (χ1v) is 9.71. The van der Waals surface area contributed by atoms with Gasteiger partial charge in [0.1, 0.15) is 22.0 Å². The number of aromatic amines is 1. The topological polar surface area (TPSA) is 132 Å². The van der Waals surface area contributed by atoms with Gasteiger partial charge in [0.2, 0.25) is 11.9 Å². The number of hydrogen-bond donors (Lipinski definition) is 4. The van der Waals surface area contributed by atoms with Crippen LogP contribution < -0.4 is 16.2 Å². The summed E-state index contributed by atoms with van der Waals surface area (Å²) < 4.78 is 58.4. The number of aromatic nitrogens is 3. The van der Waals surface area contributed by atoms with E-state index in [-0.39, 0.29) is 40.2 Å². The standard InChI is InChI=1S/C16H16ClF3N6O2S/c1-28-11-3-2-7(4-12(11)29(22)27)13-9(16(18,19)20)5-8(6-10(13)17)23-15-24-14(21)25-26-15/h2-3,5-6,12H,4,22H2,1H3,(H4,21,23,24,25,26). The Labute approximate surface area is 170 Å². The summed E-state index contributed by atoms with van der Waals surface area (Å²) in [7, 11) is -0.472. The van der Waals surface area contributed by atoms with Crippen LogP contribution in [0.3, 0.4) is 0 Å². The average molecular weight is 449 g/mol. The number of benzene rings is 1. The Bertz CT molecular complexity index is 1020. The van der Waals surface area contributed by atoms with Gasteiger partial charge in [0.25, 0.3) is 0 Å². The molecule has 1 aliphatic rings. The fraction of sp³-hybridized carbons (Fsp3) is 0.250. The molecule has 0 spiro atoms. The second-order valence-corrected chi connectivity index (χ2v) is 7.67. The molecule has 1 aliphatic carbocycles. The maximum atomic E-state index is 13.8. The number of ether oxygens (including phenoxy) is 1. The van der Waals surface area contributed by atoms with Crippen molar-refractivity contribution in [2.45, 2.75) is 17.8 Å². The van der Waals surface area contributed by atoms with Crippen LogP contribution >= 0.6 is 11.6 Å². The lowest BCUT2D eigenvalue weighted by Crippen LogP contribution is -2.27. The fourth-order valence-electron chi connectivity index (χ4n) is 2.93. The summed E-state index contributed by atoms with van der Waals surface area (Å²) in [6.07, 6.45) is -1.86. The number of nitrogens with two attached hydrogens (primary N) is 2. The lowest BCUT2D eigenvalue weighted by Gasteiger charge is -2.25. The molecule has 3 rings (SSSR count). The number of rotatable bonds is 5. The number of halogens is 4. The molecular formula is C16H16ClF3N6O2S. The molecule has 0 fully saturated rings. The first-order chi connectivity index (χ1) is 13.6. The van der Waals surface area contributed by atoms with E-state index in [1.165, 1.54) is 25.3 Å². The minimum absolute atomic E-state index is 0.000171. The Morgan fingerprint density at radius 1 is 1.38 bits per heavy atom. The molecular weight excluding hydrogens is 433 g/mol. The molecule has 0 saturated carbocycles. The average Bonchev–Trinajstić information content (AvgIpc) is 3.04. The SMILES string of the molecule is COC1=CC=C(c2c(Cl)cc(Nc3n[nH]c(N)n3)cc2C(F)(F)F)CC1S(N)=O. The first kappa shape index (κ1) is 21.1. The van der Waals surface area contributed by atoms with Crippen LogP contribution in [0.5, 0.6) is 0 Å². The van der Waals surface area contributed by atoms with Gasteiger partial charge in [-0.2, -0.15) is 18.2 Å². The fourth-order valence-corrected chi connectivity index (χ4v) is 4.02. The highest BCUT2D eigenvalue weighted by molar-refractivity contribution is 7.83. The molecule has 156 valence electrons. The molecule has 6 N–H and O–H groups in total. The second-order valence-electron chi connectivity index (χ2n) is 6.03. The summed E-state index contributed by atoms with van der Waals surface area (Å²) in [6.45, 7) is 0. The van der Waals surface area contributed by atoms with Crippen molar-refractivity contribution in [3.05, 3.63) is 46.2 Å². The van der Waals surface area contributed by atoms with Crippen molar-refractivity contribution in [2.75, 3.05) is 18.2 Å². The zero-order valence-electron chi connectivity index (χ0n) is 14.9. The number of nitrogens with zero attached hydrogens (tertiary/aromatic N) is 2. The minimum Gasteiger partial charge on any atom is -0.500 e. The molecule has 2 aromatic rings. The Morgan fingerprint density at radius 3 is 2.66 bits per heavy atom. The first-order valence-electron chi connectivity index (χ1n) is 8.06. The molecule has 2 unspecified atom stereocenters. The minimum atomic E-state index is -4.71. The Kier molecular flexibility index (Phi) is 5.87. The van der Waals surface area contributed by atoms with Crippen LogP contribution in [-0.4, -0.2) is 31.7 Å². The van der Waals surface area contributed by atoms with E-state index in [9.17, 15) is 17.4 Å². The summed E-state index contributed by atoms with van der Waals surface area (Å²) >= 11 is 6.23. The normalized spacial score (nSPS) is 18.1. The largest absolute Gasteiger partial charge is 0.500 e. The molecule has 0 aliphatic heterocycles. The van der Waals surface area contributed by atoms with E-state index in [2.05, 4.69) is 20.5 Å². The van der Waals surface area contributed by atoms with E-state index < -0.39 is 28.0 Å². The van der Waals surface area contributed by atoms with Crippen LogP contribution in [0.25, 0.3) is 5.57 Å². The van der Waals surface area contributed by atoms with Crippen molar-refractivity contribution in [1.29, 1.82) is 0 Å². The van der Waals surface area contributed by atoms with Crippen molar-refractivity contribution in [3.63, 3.8) is 0 Å². The highest BCUT2D eigenvalue weighted by atomic mass is 35.5. The van der Waals surface area contributed by atoms with Gasteiger partial charge in [0.05, 0.1) is 17.7 Å². The van der Waals surface area contributed by atoms with E-state index in [0.717, 1.165) is 6.07 Å². The van der Waals surface area contributed by atoms with E-state index in [4.69, 9.17) is 27.2 Å². The molecule has 8 nitrogen and oxygen atoms in total. The molecule has 1 heterocycles. The number of anilines is 3. The van der Waals surface area contributed by atoms with Gasteiger partial charge >= 0.3 is 6.18 Å². The Morgan fingerprint density at radius 2 is 2.10 bits per heavy atom. The van der Waals surface area contributed by atoms with Crippen LogP contribution in [0, 0.1) is 0 Å². The van der Waals surface area contributed by atoms with Crippen LogP contribution in [0.15, 0.2) is 30.0 Å². The van der Waals surface area contributed by atoms with Gasteiger partial charge in [-0.1, -0.05) is 17.7 Å². The quantitative estimate of drug-likeness (QED) is 0.555. The van der Waals surface area contributed by atoms with E-state index in [0.29, 0.717) is 5.76 Å². The summed E-state index contributed by atoms with van der Waals surface area (Å²) in [4.78, 5) is 3.78. The lowest BCUT2D eigenvalue weighted by molar-refractivity contribution is -0.137. The van der Waals surface area contributed by atoms with Crippen molar-refractivity contribution in [1.82, 2.24) is 15.2 Å². The van der Waals surface area contributed by atoms with Gasteiger partial charge in [0.15, 0.2) is 0 Å². The second kappa shape index (κ2) is 8.05. The number of methoxy groups -OCH3 is 1. The monoisotopic (exact) mass is 448 g/mol. The van der Waals surface area contributed by atoms with E-state index in [1.807, 2.05) is 0 Å². The molecule has 2 atom stereocenters. The van der Waals surface area contributed by atoms with Gasteiger partial charge in [-0.25, -0.2) is 9.31 Å². The highest BCUT2D eigenvalue weighted by Crippen LogP contribution is 2.43. The molecule has 0 saturated heterocycles. The van der Waals surface area contributed by atoms with E-state index in [1.54, 1.807) is 0 Å². The molecule has 0 radical (unpaired) electrons. The van der Waals surface area contributed by atoms with Crippen LogP contribution in [0.4, 0.5) is 30.8 Å². The molecule has 0 amide bonds. The number of alkyl halides is 3. The summed E-state index contributed by atoms with van der Waals surface area (Å²) in [5.74, 6) is 0.308. The molecule has 0 bridgehead atoms. The van der Waals surface area contributed by atoms with E-state index >= 15 is 0 Å². The van der Waals surface area contributed by atoms with Crippen LogP contribution in [0.2, 0.25) is 5.02 Å². The zero-order valence-corrected chi connectivity index (χ0v) is 16.5. The third kappa shape index (κ3) is 4.54. The number of nitrogen functional groups attached to an aromatic ring is 1. The van der Waals surface area contributed by atoms with Gasteiger partial charge in [-0.3, -0.25) is 5.14 Å². The predicted molar refractivity (Wildman–Crippen MR) is 104 cm³/mol. The predicted octanol–water partition coefficient (Wildman–Crippen LogP) is 3.11. The summed E-state index contributed by atoms with van der Waals surface area (Å²) in [5.41, 5.74) is 4.47. The van der Waals surface area contributed by atoms with Crippen molar-refractivity contribution >= 4 is 45.7 Å². The smallest absolute Gasteiger partial charge is 0.417 e. The molecule has 1 aromatic carbocycles. The Balaban J connectivity index is 2.08. The van der Waals surface area contributed by atoms with Gasteiger partial charge in [0, 0.05) is 11.3 Å². The third-order valence-electron chi connectivity index (χ3n) is 4.16. The van der Waals surface area contributed by atoms with Crippen LogP contribution in [-0.2, 0) is 21.9 Å². The molecule has 1 aromatic heterocycles. The molecule has 13 heteroatoms. The number of hydrogen-bond acceptors (Lipinski definition) is 6. The summed E-state index contributed by atoms with van der Waals surface area (Å²) in [6, 6.07) is 2.20. The van der Waals surface area contributed by atoms with Gasteiger partial charge in [-0.15, -0.1) is 5.10 Å². The maximum absolute atomic E-state index is 13.8. The summed E-state index contributed by atoms with van der Waals surface area (Å²) in [5, 5.41) is 13.2. The van der Waals surface area contributed by atoms with Crippen LogP contribution in [0.1, 0.15) is 17.5 Å². The third-order valence-corrected chi connectivity index (χ3v) is 5.42. The number of H-pyrrole nitrogens is 1. The lowest BCUT2D eigenvalue weighted by atomic mass is 9.91.